The molecule has 0 atom stereocenters. The Morgan fingerprint density at radius 1 is 0.702 bits per heavy atom. The maximum atomic E-state index is 6.52. The number of pyridine rings is 2. The number of ether oxygens (including phenoxy) is 2. The summed E-state index contributed by atoms with van der Waals surface area (Å²) < 4.78 is 12.8. The Labute approximate surface area is 290 Å². The van der Waals surface area contributed by atoms with Gasteiger partial charge >= 0.3 is 0 Å². The second-order valence-corrected chi connectivity index (χ2v) is 12.4. The summed E-state index contributed by atoms with van der Waals surface area (Å²) in [7, 11) is 0. The van der Waals surface area contributed by atoms with Gasteiger partial charge in [-0.3, -0.25) is 0 Å². The van der Waals surface area contributed by atoms with E-state index < -0.39 is 0 Å². The van der Waals surface area contributed by atoms with Crippen LogP contribution in [-0.4, -0.2) is 16.7 Å². The van der Waals surface area contributed by atoms with Gasteiger partial charge in [-0.2, -0.15) is 0 Å². The van der Waals surface area contributed by atoms with E-state index in [-0.39, 0.29) is 26.8 Å². The molecule has 0 saturated carbocycles. The van der Waals surface area contributed by atoms with Crippen LogP contribution < -0.4 is 25.9 Å². The zero-order valence-electron chi connectivity index (χ0n) is 26.7. The van der Waals surface area contributed by atoms with Crippen LogP contribution >= 0.6 is 0 Å². The third kappa shape index (κ3) is 5.82. The van der Waals surface area contributed by atoms with Crippen LogP contribution in [0.4, 0.5) is 0 Å². The van der Waals surface area contributed by atoms with Gasteiger partial charge in [0, 0.05) is 43.5 Å². The van der Waals surface area contributed by atoms with Gasteiger partial charge in [0.05, 0.1) is 0 Å². The van der Waals surface area contributed by atoms with E-state index >= 15 is 0 Å². The molecule has 2 aliphatic heterocycles. The van der Waals surface area contributed by atoms with E-state index in [9.17, 15) is 0 Å². The van der Waals surface area contributed by atoms with Crippen LogP contribution in [0.3, 0.4) is 0 Å². The average molecular weight is 789 g/mol. The second-order valence-electron chi connectivity index (χ2n) is 12.4. The quantitative estimate of drug-likeness (QED) is 0.134. The number of nitrogens with zero attached hydrogens (tertiary/aromatic N) is 2. The number of para-hydroxylation sites is 2. The van der Waals surface area contributed by atoms with Crippen molar-refractivity contribution >= 4 is 23.1 Å². The minimum absolute atomic E-state index is 0. The van der Waals surface area contributed by atoms with Crippen molar-refractivity contribution in [1.29, 1.82) is 0 Å². The van der Waals surface area contributed by atoms with E-state index in [1.54, 1.807) is 0 Å². The molecular weight excluding hydrogens is 755 g/mol. The number of rotatable bonds is 2. The Kier molecular flexibility index (Phi) is 8.57. The van der Waals surface area contributed by atoms with Gasteiger partial charge in [0.25, 0.3) is 0 Å². The largest absolute Gasteiger partial charge is 0.503 e. The van der Waals surface area contributed by atoms with Gasteiger partial charge in [-0.1, -0.05) is 78.1 Å². The van der Waals surface area contributed by atoms with Crippen molar-refractivity contribution in [2.75, 3.05) is 0 Å². The fourth-order valence-corrected chi connectivity index (χ4v) is 6.67. The van der Waals surface area contributed by atoms with Gasteiger partial charge in [0.2, 0.25) is 6.71 Å². The summed E-state index contributed by atoms with van der Waals surface area (Å²) in [6.45, 7) is 6.32. The van der Waals surface area contributed by atoms with Crippen molar-refractivity contribution in [2.45, 2.75) is 46.5 Å². The first-order valence-corrected chi connectivity index (χ1v) is 16.1. The van der Waals surface area contributed by atoms with E-state index in [1.165, 1.54) is 51.7 Å². The van der Waals surface area contributed by atoms with Gasteiger partial charge in [0.15, 0.2) is 0 Å². The summed E-state index contributed by atoms with van der Waals surface area (Å²) in [4.78, 5) is 9.45. The molecule has 0 spiro atoms. The Hall–Kier alpha value is -4.51. The van der Waals surface area contributed by atoms with E-state index in [2.05, 4.69) is 92.5 Å². The maximum absolute atomic E-state index is 6.52. The van der Waals surface area contributed by atoms with Crippen LogP contribution in [0.15, 0.2) is 97.2 Å². The van der Waals surface area contributed by atoms with Crippen LogP contribution in [0.25, 0.3) is 22.5 Å². The molecule has 9 rings (SSSR count). The summed E-state index contributed by atoms with van der Waals surface area (Å²) >= 11 is 0. The monoisotopic (exact) mass is 789 g/mol. The van der Waals surface area contributed by atoms with Gasteiger partial charge in [-0.05, 0) is 85.1 Å². The normalized spacial score (nSPS) is 13.2. The number of benzene rings is 4. The zero-order valence-corrected chi connectivity index (χ0v) is 29.1. The predicted octanol–water partition coefficient (Wildman–Crippen LogP) is 7.63. The number of hydrogen-bond donors (Lipinski definition) is 0. The maximum Gasteiger partial charge on any atom is 0.239 e. The molecule has 4 nitrogen and oxygen atoms in total. The fraction of sp³-hybridized carbons (Fsp3) is 0.171. The molecule has 6 aromatic rings. The Balaban J connectivity index is 0.000000186. The van der Waals surface area contributed by atoms with Crippen molar-refractivity contribution in [2.24, 2.45) is 0 Å². The van der Waals surface area contributed by atoms with E-state index in [1.807, 2.05) is 42.6 Å². The van der Waals surface area contributed by atoms with Crippen molar-refractivity contribution in [3.05, 3.63) is 137 Å². The van der Waals surface area contributed by atoms with Gasteiger partial charge < -0.3 is 19.4 Å². The van der Waals surface area contributed by atoms with Crippen molar-refractivity contribution in [3.8, 4) is 45.5 Å². The Morgan fingerprint density at radius 2 is 1.45 bits per heavy atom. The molecule has 0 bridgehead atoms. The van der Waals surface area contributed by atoms with Crippen LogP contribution in [0.2, 0.25) is 0 Å². The molecular formula is C41H33BIrN2O2-2. The first-order valence-electron chi connectivity index (χ1n) is 16.1. The minimum Gasteiger partial charge on any atom is -0.503 e. The number of aromatic nitrogens is 2. The van der Waals surface area contributed by atoms with Crippen LogP contribution in [-0.2, 0) is 32.9 Å². The average Bonchev–Trinajstić information content (AvgIpc) is 3.10. The summed E-state index contributed by atoms with van der Waals surface area (Å²) in [5.41, 5.74) is 13.6. The summed E-state index contributed by atoms with van der Waals surface area (Å²) in [6.07, 6.45) is 6.55. The molecule has 0 saturated heterocycles. The van der Waals surface area contributed by atoms with Crippen molar-refractivity contribution in [3.63, 3.8) is 0 Å². The second kappa shape index (κ2) is 12.9. The first kappa shape index (κ1) is 31.1. The third-order valence-corrected chi connectivity index (χ3v) is 9.32. The van der Waals surface area contributed by atoms with Gasteiger partial charge in [-0.15, -0.1) is 47.5 Å². The molecule has 0 fully saturated rings. The topological polar surface area (TPSA) is 44.2 Å². The first-order chi connectivity index (χ1) is 22.5. The number of hydrogen-bond acceptors (Lipinski definition) is 4. The molecule has 47 heavy (non-hydrogen) atoms. The molecule has 0 N–H and O–H groups in total. The smallest absolute Gasteiger partial charge is 0.239 e. The SMILES string of the molecule is Cc1c[c-]c(-c2cc(C)c(C)cn2)cc1.[Ir].[c-]1cc2c3c(c1-c1ccc4c(n1)CCCC4)Oc1ccccc1B3c1ccccc1O2. The molecule has 0 unspecified atom stereocenters. The molecule has 2 aromatic heterocycles. The minimum atomic E-state index is 0. The van der Waals surface area contributed by atoms with Crippen LogP contribution in [0.1, 0.15) is 40.8 Å². The molecule has 4 heterocycles. The van der Waals surface area contributed by atoms with Gasteiger partial charge in [0.1, 0.15) is 11.5 Å². The molecule has 1 radical (unpaired) electrons. The van der Waals surface area contributed by atoms with Crippen molar-refractivity contribution < 1.29 is 29.6 Å². The molecule has 1 aliphatic carbocycles. The molecule has 6 heteroatoms. The Bertz CT molecular complexity index is 2100. The van der Waals surface area contributed by atoms with Crippen LogP contribution in [0, 0.1) is 32.9 Å². The molecule has 3 aliphatic rings. The van der Waals surface area contributed by atoms with E-state index in [0.29, 0.717) is 0 Å². The molecule has 4 aromatic carbocycles. The predicted molar refractivity (Wildman–Crippen MR) is 186 cm³/mol. The van der Waals surface area contributed by atoms with E-state index in [0.717, 1.165) is 63.8 Å². The summed E-state index contributed by atoms with van der Waals surface area (Å²) in [6, 6.07) is 37.8. The number of aryl methyl sites for hydroxylation is 5. The third-order valence-electron chi connectivity index (χ3n) is 9.32. The summed E-state index contributed by atoms with van der Waals surface area (Å²) in [5, 5.41) is 0. The van der Waals surface area contributed by atoms with Crippen molar-refractivity contribution in [1.82, 2.24) is 9.97 Å². The van der Waals surface area contributed by atoms with Gasteiger partial charge in [-0.25, -0.2) is 0 Å². The summed E-state index contributed by atoms with van der Waals surface area (Å²) in [5.74, 6) is 3.42. The zero-order chi connectivity index (χ0) is 31.2. The number of fused-ring (bicyclic) bond motifs is 5. The fourth-order valence-electron chi connectivity index (χ4n) is 6.67. The van der Waals surface area contributed by atoms with E-state index in [4.69, 9.17) is 14.5 Å². The molecule has 0 amide bonds. The van der Waals surface area contributed by atoms with Crippen LogP contribution in [0.5, 0.6) is 23.0 Å². The Morgan fingerprint density at radius 3 is 2.19 bits per heavy atom. The molecule has 233 valence electrons. The standard InChI is InChI=1S/C27H19BNO2.C14H14N.Ir/c1-4-10-21-17(7-1)13-15-22(29-21)18-14-16-25-26-27(18)31-24-12-6-3-9-20(24)28(26)19-8-2-5-11-23(19)30-25;1-10-4-6-13(7-5-10)14-8-11(2)12(3)9-15-14;/h2-3,5-6,8-9,11-13,15-16H,1,4,7,10H2;4-6,8-9H,1-3H3;/q2*-1;.